The lowest BCUT2D eigenvalue weighted by Gasteiger charge is -2.30. The van der Waals surface area contributed by atoms with Crippen molar-refractivity contribution >= 4 is 11.8 Å². The normalized spacial score (nSPS) is 18.0. The Kier molecular flexibility index (Phi) is 4.81. The van der Waals surface area contributed by atoms with E-state index in [1.165, 1.54) is 12.5 Å². The zero-order chi connectivity index (χ0) is 18.0. The molecule has 1 aromatic heterocycles. The summed E-state index contributed by atoms with van der Waals surface area (Å²) in [4.78, 5) is 10.1. The SMILES string of the molecule is CC1CCCN(Cc2ccc(-c3nc(N)nc(N)c3C#N)cc2F)C1. The molecule has 130 valence electrons. The van der Waals surface area contributed by atoms with Crippen molar-refractivity contribution in [1.29, 1.82) is 5.26 Å². The van der Waals surface area contributed by atoms with Crippen LogP contribution in [-0.4, -0.2) is 28.0 Å². The summed E-state index contributed by atoms with van der Waals surface area (Å²) in [6.07, 6.45) is 2.37. The van der Waals surface area contributed by atoms with Crippen molar-refractivity contribution in [3.63, 3.8) is 0 Å². The number of anilines is 2. The average Bonchev–Trinajstić information content (AvgIpc) is 2.56. The van der Waals surface area contributed by atoms with Crippen LogP contribution in [-0.2, 0) is 6.54 Å². The molecule has 4 N–H and O–H groups in total. The summed E-state index contributed by atoms with van der Waals surface area (Å²) in [5, 5.41) is 9.27. The molecule has 1 aliphatic rings. The molecule has 0 bridgehead atoms. The second-order valence-corrected chi connectivity index (χ2v) is 6.59. The third-order valence-electron chi connectivity index (χ3n) is 4.53. The van der Waals surface area contributed by atoms with Gasteiger partial charge in [0.15, 0.2) is 0 Å². The predicted molar refractivity (Wildman–Crippen MR) is 94.6 cm³/mol. The van der Waals surface area contributed by atoms with Crippen LogP contribution >= 0.6 is 0 Å². The highest BCUT2D eigenvalue weighted by Crippen LogP contribution is 2.27. The number of nitrogen functional groups attached to an aromatic ring is 2. The first kappa shape index (κ1) is 17.1. The van der Waals surface area contributed by atoms with Gasteiger partial charge in [0.05, 0.1) is 5.69 Å². The van der Waals surface area contributed by atoms with Crippen LogP contribution in [0.3, 0.4) is 0 Å². The molecule has 1 aromatic carbocycles. The van der Waals surface area contributed by atoms with E-state index in [2.05, 4.69) is 21.8 Å². The molecule has 0 aliphatic carbocycles. The van der Waals surface area contributed by atoms with Crippen LogP contribution < -0.4 is 11.5 Å². The van der Waals surface area contributed by atoms with Gasteiger partial charge in [0.2, 0.25) is 5.95 Å². The molecule has 2 heterocycles. The molecule has 1 unspecified atom stereocenters. The van der Waals surface area contributed by atoms with Crippen LogP contribution in [0.15, 0.2) is 18.2 Å². The van der Waals surface area contributed by atoms with Crippen LogP contribution in [0.2, 0.25) is 0 Å². The Morgan fingerprint density at radius 3 is 2.84 bits per heavy atom. The quantitative estimate of drug-likeness (QED) is 0.889. The Morgan fingerprint density at radius 1 is 1.36 bits per heavy atom. The smallest absolute Gasteiger partial charge is 0.222 e. The Hall–Kier alpha value is -2.72. The minimum atomic E-state index is -0.324. The van der Waals surface area contributed by atoms with Crippen molar-refractivity contribution in [3.8, 4) is 17.3 Å². The molecule has 0 saturated carbocycles. The molecule has 6 nitrogen and oxygen atoms in total. The van der Waals surface area contributed by atoms with Gasteiger partial charge < -0.3 is 11.5 Å². The second-order valence-electron chi connectivity index (χ2n) is 6.59. The van der Waals surface area contributed by atoms with E-state index < -0.39 is 0 Å². The minimum Gasteiger partial charge on any atom is -0.382 e. The van der Waals surface area contributed by atoms with Gasteiger partial charge in [-0.2, -0.15) is 10.2 Å². The van der Waals surface area contributed by atoms with Crippen LogP contribution in [0.1, 0.15) is 30.9 Å². The number of benzene rings is 1. The number of nitrogens with two attached hydrogens (primary N) is 2. The summed E-state index contributed by atoms with van der Waals surface area (Å²) >= 11 is 0. The molecule has 0 spiro atoms. The van der Waals surface area contributed by atoms with Crippen molar-refractivity contribution in [3.05, 3.63) is 35.1 Å². The molecule has 1 aliphatic heterocycles. The Morgan fingerprint density at radius 2 is 2.16 bits per heavy atom. The fraction of sp³-hybridized carbons (Fsp3) is 0.389. The molecule has 3 rings (SSSR count). The summed E-state index contributed by atoms with van der Waals surface area (Å²) in [6, 6.07) is 6.82. The Bertz CT molecular complexity index is 829. The van der Waals surface area contributed by atoms with Gasteiger partial charge >= 0.3 is 0 Å². The molecule has 1 saturated heterocycles. The largest absolute Gasteiger partial charge is 0.382 e. The van der Waals surface area contributed by atoms with Gasteiger partial charge in [0.25, 0.3) is 0 Å². The highest BCUT2D eigenvalue weighted by Gasteiger charge is 2.19. The predicted octanol–water partition coefficient (Wildman–Crippen LogP) is 2.55. The van der Waals surface area contributed by atoms with E-state index in [0.29, 0.717) is 23.6 Å². The lowest BCUT2D eigenvalue weighted by molar-refractivity contribution is 0.175. The number of hydrogen-bond donors (Lipinski definition) is 2. The van der Waals surface area contributed by atoms with E-state index in [-0.39, 0.29) is 28.8 Å². The number of halogens is 1. The first-order chi connectivity index (χ1) is 12.0. The molecule has 0 radical (unpaired) electrons. The van der Waals surface area contributed by atoms with E-state index >= 15 is 0 Å². The standard InChI is InChI=1S/C18H21FN6/c1-11-3-2-6-25(9-11)10-13-5-4-12(7-15(13)19)16-14(8-20)17(21)24-18(22)23-16/h4-5,7,11H,2-3,6,9-10H2,1H3,(H4,21,22,23,24). The molecule has 0 amide bonds. The van der Waals surface area contributed by atoms with Gasteiger partial charge in [0, 0.05) is 24.2 Å². The van der Waals surface area contributed by atoms with Crippen LogP contribution in [0.25, 0.3) is 11.3 Å². The number of aromatic nitrogens is 2. The summed E-state index contributed by atoms with van der Waals surface area (Å²) < 4.78 is 14.6. The first-order valence-corrected chi connectivity index (χ1v) is 8.32. The number of rotatable bonds is 3. The van der Waals surface area contributed by atoms with Crippen molar-refractivity contribution in [2.24, 2.45) is 5.92 Å². The fourth-order valence-electron chi connectivity index (χ4n) is 3.31. The number of nitriles is 1. The maximum atomic E-state index is 14.6. The molecule has 1 atom stereocenters. The minimum absolute atomic E-state index is 0.00297. The second kappa shape index (κ2) is 7.03. The molecule has 7 heteroatoms. The highest BCUT2D eigenvalue weighted by molar-refractivity contribution is 5.73. The number of hydrogen-bond acceptors (Lipinski definition) is 6. The zero-order valence-electron chi connectivity index (χ0n) is 14.2. The zero-order valence-corrected chi connectivity index (χ0v) is 14.2. The molecular formula is C18H21FN6. The van der Waals surface area contributed by atoms with Crippen molar-refractivity contribution in [2.75, 3.05) is 24.6 Å². The maximum absolute atomic E-state index is 14.6. The molecule has 25 heavy (non-hydrogen) atoms. The lowest BCUT2D eigenvalue weighted by atomic mass is 9.99. The highest BCUT2D eigenvalue weighted by atomic mass is 19.1. The molecule has 1 fully saturated rings. The Labute approximate surface area is 146 Å². The Balaban J connectivity index is 1.89. The number of likely N-dealkylation sites (tertiary alicyclic amines) is 1. The summed E-state index contributed by atoms with van der Waals surface area (Å²) in [6.45, 7) is 4.77. The number of nitrogens with zero attached hydrogens (tertiary/aromatic N) is 4. The van der Waals surface area contributed by atoms with Crippen molar-refractivity contribution in [1.82, 2.24) is 14.9 Å². The fourth-order valence-corrected chi connectivity index (χ4v) is 3.31. The summed E-state index contributed by atoms with van der Waals surface area (Å²) in [5.41, 5.74) is 12.8. The molecule has 2 aromatic rings. The van der Waals surface area contributed by atoms with Crippen molar-refractivity contribution < 1.29 is 4.39 Å². The monoisotopic (exact) mass is 340 g/mol. The first-order valence-electron chi connectivity index (χ1n) is 8.32. The van der Waals surface area contributed by atoms with Gasteiger partial charge in [0.1, 0.15) is 23.3 Å². The van der Waals surface area contributed by atoms with Crippen LogP contribution in [0, 0.1) is 23.1 Å². The van der Waals surface area contributed by atoms with Gasteiger partial charge in [-0.25, -0.2) is 9.37 Å². The van der Waals surface area contributed by atoms with E-state index in [0.717, 1.165) is 19.5 Å². The maximum Gasteiger partial charge on any atom is 0.222 e. The van der Waals surface area contributed by atoms with Gasteiger partial charge in [-0.15, -0.1) is 0 Å². The third-order valence-corrected chi connectivity index (χ3v) is 4.53. The van der Waals surface area contributed by atoms with E-state index in [1.807, 2.05) is 6.07 Å². The topological polar surface area (TPSA) is 105 Å². The van der Waals surface area contributed by atoms with Crippen LogP contribution in [0.5, 0.6) is 0 Å². The van der Waals surface area contributed by atoms with Crippen molar-refractivity contribution in [2.45, 2.75) is 26.3 Å². The van der Waals surface area contributed by atoms with Gasteiger partial charge in [-0.1, -0.05) is 19.1 Å². The van der Waals surface area contributed by atoms with Gasteiger partial charge in [-0.3, -0.25) is 4.90 Å². The summed E-state index contributed by atoms with van der Waals surface area (Å²) in [5.74, 6) is 0.270. The summed E-state index contributed by atoms with van der Waals surface area (Å²) in [7, 11) is 0. The third kappa shape index (κ3) is 3.69. The van der Waals surface area contributed by atoms with E-state index in [4.69, 9.17) is 11.5 Å². The van der Waals surface area contributed by atoms with E-state index in [9.17, 15) is 9.65 Å². The van der Waals surface area contributed by atoms with Gasteiger partial charge in [-0.05, 0) is 31.4 Å². The lowest BCUT2D eigenvalue weighted by Crippen LogP contribution is -2.33. The van der Waals surface area contributed by atoms with Crippen LogP contribution in [0.4, 0.5) is 16.2 Å². The molecular weight excluding hydrogens is 319 g/mol. The number of piperidine rings is 1. The average molecular weight is 340 g/mol. The van der Waals surface area contributed by atoms with E-state index in [1.54, 1.807) is 12.1 Å².